The molecule has 1 aliphatic rings. The van der Waals surface area contributed by atoms with Gasteiger partial charge >= 0.3 is 5.97 Å². The number of ether oxygens (including phenoxy) is 1. The van der Waals surface area contributed by atoms with Crippen molar-refractivity contribution in [1.82, 2.24) is 4.31 Å². The lowest BCUT2D eigenvalue weighted by Crippen LogP contribution is -2.43. The quantitative estimate of drug-likeness (QED) is 0.910. The molecule has 8 heteroatoms. The van der Waals surface area contributed by atoms with E-state index in [2.05, 4.69) is 0 Å². The van der Waals surface area contributed by atoms with Gasteiger partial charge in [-0.1, -0.05) is 11.6 Å². The van der Waals surface area contributed by atoms with Crippen molar-refractivity contribution >= 4 is 27.6 Å². The lowest BCUT2D eigenvalue weighted by atomic mass is 10.2. The van der Waals surface area contributed by atoms with Crippen LogP contribution in [0.25, 0.3) is 0 Å². The van der Waals surface area contributed by atoms with E-state index >= 15 is 0 Å². The van der Waals surface area contributed by atoms with Crippen LogP contribution in [-0.2, 0) is 14.8 Å². The standard InChI is InChI=1S/C13H16ClNO5S/c1-8-3-5-10(13(16)17)15(8)21(18,19)12-6-4-9(14)7-11(12)20-2/h4,6-8,10H,3,5H2,1-2H3,(H,16,17)/t8-,10-/m0/s1. The zero-order chi connectivity index (χ0) is 15.8. The normalized spacial score (nSPS) is 23.2. The third-order valence-electron chi connectivity index (χ3n) is 3.57. The summed E-state index contributed by atoms with van der Waals surface area (Å²) in [5.41, 5.74) is 0. The zero-order valence-electron chi connectivity index (χ0n) is 11.6. The summed E-state index contributed by atoms with van der Waals surface area (Å²) in [7, 11) is -2.63. The molecular weight excluding hydrogens is 318 g/mol. The number of hydrogen-bond donors (Lipinski definition) is 1. The average Bonchev–Trinajstić information content (AvgIpc) is 2.81. The maximum atomic E-state index is 12.8. The minimum Gasteiger partial charge on any atom is -0.495 e. The molecule has 116 valence electrons. The summed E-state index contributed by atoms with van der Waals surface area (Å²) in [5, 5.41) is 9.57. The van der Waals surface area contributed by atoms with E-state index < -0.39 is 22.0 Å². The van der Waals surface area contributed by atoms with Gasteiger partial charge in [-0.3, -0.25) is 4.79 Å². The number of halogens is 1. The van der Waals surface area contributed by atoms with Crippen LogP contribution in [-0.4, -0.2) is 43.0 Å². The number of aliphatic carboxylic acids is 1. The van der Waals surface area contributed by atoms with E-state index in [1.807, 2.05) is 0 Å². The van der Waals surface area contributed by atoms with E-state index in [0.717, 1.165) is 4.31 Å². The molecule has 1 aliphatic heterocycles. The molecule has 0 aromatic heterocycles. The second-order valence-corrected chi connectivity index (χ2v) is 7.16. The van der Waals surface area contributed by atoms with E-state index in [1.54, 1.807) is 6.92 Å². The van der Waals surface area contributed by atoms with Gasteiger partial charge in [0.15, 0.2) is 0 Å². The second-order valence-electron chi connectivity index (χ2n) is 4.91. The molecule has 1 heterocycles. The highest BCUT2D eigenvalue weighted by Crippen LogP contribution is 2.35. The molecule has 6 nitrogen and oxygen atoms in total. The number of carboxylic acids is 1. The molecule has 1 saturated heterocycles. The Hall–Kier alpha value is -1.31. The van der Waals surface area contributed by atoms with E-state index in [1.165, 1.54) is 25.3 Å². The van der Waals surface area contributed by atoms with E-state index in [4.69, 9.17) is 16.3 Å². The Morgan fingerprint density at radius 2 is 2.10 bits per heavy atom. The number of methoxy groups -OCH3 is 1. The molecule has 1 aromatic carbocycles. The van der Waals surface area contributed by atoms with Crippen LogP contribution < -0.4 is 4.74 Å². The number of hydrogen-bond acceptors (Lipinski definition) is 4. The third-order valence-corrected chi connectivity index (χ3v) is 5.86. The number of nitrogens with zero attached hydrogens (tertiary/aromatic N) is 1. The van der Waals surface area contributed by atoms with Gasteiger partial charge in [0.05, 0.1) is 7.11 Å². The van der Waals surface area contributed by atoms with Crippen LogP contribution in [0.2, 0.25) is 5.02 Å². The van der Waals surface area contributed by atoms with Crippen molar-refractivity contribution in [3.8, 4) is 5.75 Å². The highest BCUT2D eigenvalue weighted by molar-refractivity contribution is 7.89. The number of carbonyl (C=O) groups is 1. The lowest BCUT2D eigenvalue weighted by molar-refractivity contribution is -0.140. The molecule has 2 atom stereocenters. The number of benzene rings is 1. The first-order valence-electron chi connectivity index (χ1n) is 6.39. The topological polar surface area (TPSA) is 83.9 Å². The molecule has 0 unspecified atom stereocenters. The van der Waals surface area contributed by atoms with Crippen LogP contribution in [0.1, 0.15) is 19.8 Å². The highest BCUT2D eigenvalue weighted by atomic mass is 35.5. The molecule has 21 heavy (non-hydrogen) atoms. The first kappa shape index (κ1) is 16.1. The van der Waals surface area contributed by atoms with Crippen molar-refractivity contribution in [2.45, 2.75) is 36.7 Å². The van der Waals surface area contributed by atoms with Gasteiger partial charge < -0.3 is 9.84 Å². The van der Waals surface area contributed by atoms with Crippen LogP contribution in [0.3, 0.4) is 0 Å². The molecule has 1 fully saturated rings. The Balaban J connectivity index is 2.53. The average molecular weight is 334 g/mol. The summed E-state index contributed by atoms with van der Waals surface area (Å²) < 4.78 is 31.7. The summed E-state index contributed by atoms with van der Waals surface area (Å²) in [6.07, 6.45) is 0.803. The van der Waals surface area contributed by atoms with Crippen molar-refractivity contribution in [1.29, 1.82) is 0 Å². The van der Waals surface area contributed by atoms with Crippen molar-refractivity contribution in [3.05, 3.63) is 23.2 Å². The largest absolute Gasteiger partial charge is 0.495 e. The maximum absolute atomic E-state index is 12.8. The Kier molecular flexibility index (Phi) is 4.46. The molecule has 0 bridgehead atoms. The van der Waals surface area contributed by atoms with Gasteiger partial charge in [0.1, 0.15) is 16.7 Å². The lowest BCUT2D eigenvalue weighted by Gasteiger charge is -2.26. The fraction of sp³-hybridized carbons (Fsp3) is 0.462. The Bertz CT molecular complexity index is 661. The Morgan fingerprint density at radius 1 is 1.43 bits per heavy atom. The van der Waals surface area contributed by atoms with Crippen molar-refractivity contribution < 1.29 is 23.1 Å². The fourth-order valence-corrected chi connectivity index (χ4v) is 4.70. The van der Waals surface area contributed by atoms with E-state index in [-0.39, 0.29) is 16.7 Å². The van der Waals surface area contributed by atoms with Gasteiger partial charge in [-0.25, -0.2) is 8.42 Å². The minimum atomic E-state index is -3.97. The van der Waals surface area contributed by atoms with Gasteiger partial charge in [0.25, 0.3) is 0 Å². The van der Waals surface area contributed by atoms with Crippen LogP contribution in [0, 0.1) is 0 Å². The summed E-state index contributed by atoms with van der Waals surface area (Å²) >= 11 is 5.83. The predicted octanol–water partition coefficient (Wildman–Crippen LogP) is 1.97. The summed E-state index contributed by atoms with van der Waals surface area (Å²) in [5.74, 6) is -1.04. The third kappa shape index (κ3) is 2.86. The molecule has 0 spiro atoms. The van der Waals surface area contributed by atoms with Crippen LogP contribution >= 0.6 is 11.6 Å². The molecular formula is C13H16ClNO5S. The van der Waals surface area contributed by atoms with Crippen molar-refractivity contribution in [2.24, 2.45) is 0 Å². The Morgan fingerprint density at radius 3 is 2.67 bits per heavy atom. The molecule has 0 amide bonds. The van der Waals surface area contributed by atoms with Gasteiger partial charge in [0, 0.05) is 17.1 Å². The molecule has 0 aliphatic carbocycles. The highest BCUT2D eigenvalue weighted by Gasteiger charge is 2.44. The van der Waals surface area contributed by atoms with Gasteiger partial charge in [-0.05, 0) is 31.9 Å². The number of carboxylic acid groups (broad SMARTS) is 1. The summed E-state index contributed by atoms with van der Waals surface area (Å²) in [6.45, 7) is 1.70. The Labute approximate surface area is 128 Å². The van der Waals surface area contributed by atoms with Crippen LogP contribution in [0.15, 0.2) is 23.1 Å². The molecule has 0 radical (unpaired) electrons. The van der Waals surface area contributed by atoms with Gasteiger partial charge in [0.2, 0.25) is 10.0 Å². The van der Waals surface area contributed by atoms with E-state index in [0.29, 0.717) is 17.9 Å². The SMILES string of the molecule is COc1cc(Cl)ccc1S(=O)(=O)N1[C@@H](C)CC[C@H]1C(=O)O. The molecule has 2 rings (SSSR count). The second kappa shape index (κ2) is 5.82. The minimum absolute atomic E-state index is 0.0746. The first-order chi connectivity index (χ1) is 9.78. The number of rotatable bonds is 4. The molecule has 1 N–H and O–H groups in total. The predicted molar refractivity (Wildman–Crippen MR) is 77.1 cm³/mol. The van der Waals surface area contributed by atoms with Gasteiger partial charge in [-0.15, -0.1) is 0 Å². The fourth-order valence-electron chi connectivity index (χ4n) is 2.57. The van der Waals surface area contributed by atoms with Crippen molar-refractivity contribution in [3.63, 3.8) is 0 Å². The molecule has 1 aromatic rings. The first-order valence-corrected chi connectivity index (χ1v) is 8.20. The smallest absolute Gasteiger partial charge is 0.322 e. The van der Waals surface area contributed by atoms with Gasteiger partial charge in [-0.2, -0.15) is 4.31 Å². The summed E-state index contributed by atoms with van der Waals surface area (Å²) in [4.78, 5) is 11.2. The van der Waals surface area contributed by atoms with Crippen molar-refractivity contribution in [2.75, 3.05) is 7.11 Å². The van der Waals surface area contributed by atoms with Crippen LogP contribution in [0.5, 0.6) is 5.75 Å². The van der Waals surface area contributed by atoms with Crippen LogP contribution in [0.4, 0.5) is 0 Å². The summed E-state index contributed by atoms with van der Waals surface area (Å²) in [6, 6.07) is 2.74. The number of sulfonamides is 1. The maximum Gasteiger partial charge on any atom is 0.322 e. The zero-order valence-corrected chi connectivity index (χ0v) is 13.2. The molecule has 0 saturated carbocycles. The van der Waals surface area contributed by atoms with E-state index in [9.17, 15) is 18.3 Å². The monoisotopic (exact) mass is 333 g/mol.